The zero-order chi connectivity index (χ0) is 116. The minimum Gasteiger partial charge on any atom is -0.376 e. The molecule has 0 atom stereocenters. The van der Waals surface area contributed by atoms with Gasteiger partial charge in [0, 0.05) is 167 Å². The monoisotopic (exact) mass is 2060 g/mol. The predicted octanol–water partition coefficient (Wildman–Crippen LogP) is 29.9. The molecule has 0 aromatic rings. The van der Waals surface area contributed by atoms with Crippen molar-refractivity contribution in [2.75, 3.05) is 77.3 Å². The largest absolute Gasteiger partial charge is 0.376 e. The second-order valence-corrected chi connectivity index (χ2v) is 54.5. The Morgan fingerprint density at radius 3 is 0.713 bits per heavy atom. The molecule has 0 aromatic carbocycles. The number of Topliss-reactive ketones (excluding diaryl/α,β-unsaturated/α-hetero) is 8. The number of thioether (sulfide) groups is 1. The number of nitrogens with one attached hydrogen (secondary N) is 5. The molecule has 0 bridgehead atoms. The van der Waals surface area contributed by atoms with Gasteiger partial charge in [-0.3, -0.25) is 52.7 Å². The van der Waals surface area contributed by atoms with Crippen LogP contribution in [0.25, 0.3) is 0 Å². The molecule has 860 valence electrons. The van der Waals surface area contributed by atoms with Crippen LogP contribution in [0, 0.1) is 98.6 Å². The van der Waals surface area contributed by atoms with Crippen molar-refractivity contribution in [2.45, 2.75) is 544 Å². The molecule has 0 aliphatic heterocycles. The molecule has 0 aromatic heterocycles. The minimum absolute atomic E-state index is 0.00541. The maximum atomic E-state index is 11.5. The highest BCUT2D eigenvalue weighted by molar-refractivity contribution is 7.99. The van der Waals surface area contributed by atoms with E-state index in [-0.39, 0.29) is 157 Å². The molecule has 0 heterocycles. The number of carbonyl (C=O) groups excluding carboxylic acids is 11. The Bertz CT molecular complexity index is 2950. The number of amides is 3. The summed E-state index contributed by atoms with van der Waals surface area (Å²) >= 11 is 2.13. The van der Waals surface area contributed by atoms with Gasteiger partial charge in [0.15, 0.2) is 5.78 Å². The van der Waals surface area contributed by atoms with Gasteiger partial charge in [-0.15, -0.1) is 0 Å². The Morgan fingerprint density at radius 1 is 0.245 bits per heavy atom. The molecule has 0 saturated carbocycles. The number of carbonyl (C=O) groups is 11. The maximum Gasteiger partial charge on any atom is 0.225 e. The molecular formula is C121H249N5O16S. The fourth-order valence-corrected chi connectivity index (χ4v) is 10.6. The average molecular weight is 2060 g/mol. The third-order valence-electron chi connectivity index (χ3n) is 19.9. The number of hydrogen-bond donors (Lipinski definition) is 5. The second kappa shape index (κ2) is 89.5. The molecule has 0 spiro atoms. The van der Waals surface area contributed by atoms with Crippen LogP contribution in [0.3, 0.4) is 0 Å². The molecule has 143 heavy (non-hydrogen) atoms. The molecule has 21 nitrogen and oxygen atoms in total. The predicted molar refractivity (Wildman–Crippen MR) is 620 cm³/mol. The summed E-state index contributed by atoms with van der Waals surface area (Å²) < 4.78 is 27.2. The van der Waals surface area contributed by atoms with Crippen molar-refractivity contribution >= 4 is 75.7 Å². The van der Waals surface area contributed by atoms with E-state index in [2.05, 4.69) is 205 Å². The van der Waals surface area contributed by atoms with Crippen molar-refractivity contribution < 1.29 is 76.4 Å². The SMILES string of the molecule is CC(C)(C)CCCSCCCC(C)(C)C.CC(C)(C)OCCCNC(=O)C(C)(C)C.CC(C)(C)OCCOC(C)(C)C.CC(C)C(=O)CCC(=O)C(C)C.CC(C)C(=O)CCC(C)(C)C.CC(C)C(=O)CCNC(=O)C(C)C.CC(C)C(=O)CCNC(=O)C(C)C.CC(C)C(=O)CCNC(C)(C)C.CC(C)C(=O)CCNC(C)(C)C.CC(C)CCC(C)C.CC(C)CCOC(C)(C)C.CC(C)OCC(=O)C(C)C. The lowest BCUT2D eigenvalue weighted by Gasteiger charge is -2.23. The van der Waals surface area contributed by atoms with Crippen molar-refractivity contribution in [3.63, 3.8) is 0 Å². The summed E-state index contributed by atoms with van der Waals surface area (Å²) in [7, 11) is 0. The van der Waals surface area contributed by atoms with Crippen molar-refractivity contribution in [1.82, 2.24) is 26.6 Å². The Kier molecular flexibility index (Phi) is 103. The van der Waals surface area contributed by atoms with E-state index >= 15 is 0 Å². The lowest BCUT2D eigenvalue weighted by molar-refractivity contribution is -0.129. The quantitative estimate of drug-likeness (QED) is 0.0354. The standard InChI is InChI=1S/C14H30S.C12H25NO2.2C10H19NO2.2C10H21NO.C10H22O2.C10H18O2.C10H20O.C9H20O.C8H16O2.C8H18/c1-13(2,3)9-7-11-15-12-8-10-14(4,5)6;1-11(2,3)10(14)13-8-7-9-15-12(4,5)6;2*1-7(2)9(12)5-6-11-10(13)8(3)4;2*1-8(2)9(12)6-7-11-10(3,4)5;1-9(2,3)11-7-8-12-10(4,5)6;1-7(2)9(11)5-6-10(12)8(3)4;1-8(2)9(11)6-7-10(3,4)5;1-8(2)6-7-10-9(3,4)5;1-6(2)8(9)5-10-7(3)4;1-7(2)5-6-8(3)4/h7-12H2,1-6H3;7-9H2,1-6H3,(H,13,14);2*7-8H,5-6H2,1-4H3,(H,11,13);2*8,11H,6-7H2,1-5H3;7-8H2,1-6H3;7-8H,5-6H2,1-4H3;8H,6-7H2,1-5H3;8H,6-7H2,1-5H3;6-7H,5H2,1-4H3;7-8H,5-6H2,1-4H3. The third-order valence-corrected chi connectivity index (χ3v) is 21.0. The van der Waals surface area contributed by atoms with E-state index in [1.165, 1.54) is 50.0 Å². The summed E-state index contributed by atoms with van der Waals surface area (Å²) in [4.78, 5) is 123. The molecule has 0 radical (unpaired) electrons. The molecule has 0 unspecified atom stereocenters. The minimum atomic E-state index is -0.301. The highest BCUT2D eigenvalue weighted by Gasteiger charge is 2.23. The Hall–Kier alpha value is -4.16. The third kappa shape index (κ3) is 161. The summed E-state index contributed by atoms with van der Waals surface area (Å²) in [6.07, 6.45) is 15.2. The molecule has 0 aliphatic carbocycles. The van der Waals surface area contributed by atoms with Gasteiger partial charge in [-0.2, -0.15) is 11.8 Å². The molecule has 5 N–H and O–H groups in total. The molecule has 0 fully saturated rings. The molecule has 0 aliphatic rings. The first-order valence-electron chi connectivity index (χ1n) is 55.3. The molecular weight excluding hydrogens is 1810 g/mol. The topological polar surface area (TPSA) is 294 Å². The summed E-state index contributed by atoms with van der Waals surface area (Å²) in [6, 6.07) is 0. The van der Waals surface area contributed by atoms with E-state index in [1.54, 1.807) is 0 Å². The number of rotatable bonds is 49. The maximum absolute atomic E-state index is 11.5. The van der Waals surface area contributed by atoms with Gasteiger partial charge in [0.1, 0.15) is 47.1 Å². The van der Waals surface area contributed by atoms with E-state index in [4.69, 9.17) is 23.7 Å². The second-order valence-electron chi connectivity index (χ2n) is 53.3. The van der Waals surface area contributed by atoms with E-state index < -0.39 is 0 Å². The van der Waals surface area contributed by atoms with Crippen LogP contribution in [-0.4, -0.2) is 181 Å². The average Bonchev–Trinajstić information content (AvgIpc) is 0.912. The van der Waals surface area contributed by atoms with E-state index in [9.17, 15) is 52.7 Å². The van der Waals surface area contributed by atoms with Gasteiger partial charge in [0.25, 0.3) is 0 Å². The Balaban J connectivity index is -0.000000131. The molecule has 3 amide bonds. The van der Waals surface area contributed by atoms with Crippen LogP contribution in [0.15, 0.2) is 0 Å². The smallest absolute Gasteiger partial charge is 0.225 e. The summed E-state index contributed by atoms with van der Waals surface area (Å²) in [6.45, 7) is 125. The fraction of sp³-hybridized carbons (Fsp3) is 0.909. The van der Waals surface area contributed by atoms with Gasteiger partial charge in [0.05, 0.1) is 41.7 Å². The first-order chi connectivity index (χ1) is 63.9. The van der Waals surface area contributed by atoms with Gasteiger partial charge in [0.2, 0.25) is 17.7 Å². The van der Waals surface area contributed by atoms with Crippen LogP contribution >= 0.6 is 11.8 Å². The van der Waals surface area contributed by atoms with Crippen LogP contribution in [0.5, 0.6) is 0 Å². The van der Waals surface area contributed by atoms with Gasteiger partial charge in [-0.1, -0.05) is 276 Å². The molecule has 0 rings (SSSR count). The van der Waals surface area contributed by atoms with E-state index in [0.29, 0.717) is 112 Å². The van der Waals surface area contributed by atoms with E-state index in [1.807, 2.05) is 235 Å². The summed E-state index contributed by atoms with van der Waals surface area (Å²) in [5.41, 5.74) is 1.12. The summed E-state index contributed by atoms with van der Waals surface area (Å²) in [5.74, 6) is 8.24. The first-order valence-corrected chi connectivity index (χ1v) is 56.4. The first kappa shape index (κ1) is 164. The van der Waals surface area contributed by atoms with Crippen LogP contribution in [0.4, 0.5) is 0 Å². The van der Waals surface area contributed by atoms with Gasteiger partial charge in [-0.25, -0.2) is 0 Å². The van der Waals surface area contributed by atoms with Crippen molar-refractivity contribution in [2.24, 2.45) is 98.6 Å². The fourth-order valence-electron chi connectivity index (χ4n) is 9.72. The van der Waals surface area contributed by atoms with Crippen LogP contribution in [0.1, 0.15) is 504 Å². The number of ketones is 8. The zero-order valence-electron chi connectivity index (χ0n) is 106. The van der Waals surface area contributed by atoms with Crippen molar-refractivity contribution in [3.05, 3.63) is 0 Å². The number of ether oxygens (including phenoxy) is 5. The van der Waals surface area contributed by atoms with Crippen molar-refractivity contribution in [3.8, 4) is 0 Å². The van der Waals surface area contributed by atoms with E-state index in [0.717, 1.165) is 63.1 Å². The van der Waals surface area contributed by atoms with Crippen LogP contribution < -0.4 is 26.6 Å². The van der Waals surface area contributed by atoms with Crippen LogP contribution in [0.2, 0.25) is 0 Å². The zero-order valence-corrected chi connectivity index (χ0v) is 107. The normalized spacial score (nSPS) is 11.9. The summed E-state index contributed by atoms with van der Waals surface area (Å²) in [5, 5.41) is 14.9. The Morgan fingerprint density at radius 2 is 0.490 bits per heavy atom. The van der Waals surface area contributed by atoms with Gasteiger partial charge in [-0.05, 0) is 229 Å². The van der Waals surface area contributed by atoms with Crippen LogP contribution in [-0.2, 0) is 76.4 Å². The lowest BCUT2D eigenvalue weighted by Crippen LogP contribution is -2.37. The van der Waals surface area contributed by atoms with Gasteiger partial charge >= 0.3 is 0 Å². The van der Waals surface area contributed by atoms with Gasteiger partial charge < -0.3 is 50.3 Å². The molecule has 22 heteroatoms. The van der Waals surface area contributed by atoms with Crippen molar-refractivity contribution in [1.29, 1.82) is 0 Å². The highest BCUT2D eigenvalue weighted by atomic mass is 32.2. The lowest BCUT2D eigenvalue weighted by atomic mass is 9.88. The number of hydrogen-bond acceptors (Lipinski definition) is 19. The highest BCUT2D eigenvalue weighted by Crippen LogP contribution is 2.26. The Labute approximate surface area is 893 Å². The molecule has 0 saturated heterocycles.